The number of hydrogen-bond donors (Lipinski definition) is 1. The van der Waals surface area contributed by atoms with Crippen molar-refractivity contribution < 1.29 is 14.3 Å². The standard InChI is InChI=1S/C28H26N4O3S/c1-2-35-22-15-13-21(14-16-22)29-26(33)18-25-27(34)30-28(36-25)32-24(20-11-7-4-8-12-20)17-23(31-32)19-9-5-3-6-10-19/h3-16,24-25H,2,17-18H2,1H3,(H,29,33). The van der Waals surface area contributed by atoms with Gasteiger partial charge in [-0.05, 0) is 42.3 Å². The third-order valence-corrected chi connectivity index (χ3v) is 7.09. The Balaban J connectivity index is 1.29. The van der Waals surface area contributed by atoms with E-state index in [-0.39, 0.29) is 24.3 Å². The zero-order valence-corrected chi connectivity index (χ0v) is 20.7. The van der Waals surface area contributed by atoms with Crippen LogP contribution < -0.4 is 10.1 Å². The van der Waals surface area contributed by atoms with Crippen molar-refractivity contribution in [2.45, 2.75) is 31.1 Å². The minimum atomic E-state index is -0.588. The Kier molecular flexibility index (Phi) is 7.13. The second-order valence-electron chi connectivity index (χ2n) is 8.44. The van der Waals surface area contributed by atoms with Gasteiger partial charge in [0.1, 0.15) is 11.0 Å². The van der Waals surface area contributed by atoms with Gasteiger partial charge in [-0.25, -0.2) is 5.01 Å². The molecule has 0 fully saturated rings. The number of hydrogen-bond acceptors (Lipinski definition) is 6. The normalized spacial score (nSPS) is 19.1. The van der Waals surface area contributed by atoms with Crippen LogP contribution in [0, 0.1) is 0 Å². The number of amidine groups is 1. The van der Waals surface area contributed by atoms with Gasteiger partial charge in [0.15, 0.2) is 5.17 Å². The molecule has 2 aliphatic heterocycles. The Morgan fingerprint density at radius 2 is 1.72 bits per heavy atom. The van der Waals surface area contributed by atoms with Gasteiger partial charge in [0.25, 0.3) is 5.91 Å². The van der Waals surface area contributed by atoms with E-state index in [2.05, 4.69) is 22.4 Å². The number of benzene rings is 3. The van der Waals surface area contributed by atoms with Crippen LogP contribution in [0.15, 0.2) is 95.0 Å². The van der Waals surface area contributed by atoms with Gasteiger partial charge in [-0.1, -0.05) is 72.4 Å². The van der Waals surface area contributed by atoms with E-state index in [0.717, 1.165) is 22.6 Å². The quantitative estimate of drug-likeness (QED) is 0.480. The summed E-state index contributed by atoms with van der Waals surface area (Å²) < 4.78 is 5.43. The third kappa shape index (κ3) is 5.33. The largest absolute Gasteiger partial charge is 0.494 e. The van der Waals surface area contributed by atoms with Crippen molar-refractivity contribution in [1.82, 2.24) is 5.01 Å². The Hall–Kier alpha value is -3.91. The molecule has 0 bridgehead atoms. The van der Waals surface area contributed by atoms with E-state index in [1.165, 1.54) is 11.8 Å². The van der Waals surface area contributed by atoms with E-state index in [4.69, 9.17) is 9.84 Å². The summed E-state index contributed by atoms with van der Waals surface area (Å²) in [5.41, 5.74) is 3.74. The number of anilines is 1. The van der Waals surface area contributed by atoms with Crippen LogP contribution in [0.1, 0.15) is 36.9 Å². The fourth-order valence-corrected chi connectivity index (χ4v) is 5.27. The molecule has 36 heavy (non-hydrogen) atoms. The maximum Gasteiger partial charge on any atom is 0.262 e. The molecule has 2 heterocycles. The summed E-state index contributed by atoms with van der Waals surface area (Å²) in [6, 6.07) is 27.2. The summed E-state index contributed by atoms with van der Waals surface area (Å²) in [7, 11) is 0. The molecule has 5 rings (SSSR count). The molecule has 2 amide bonds. The van der Waals surface area contributed by atoms with Crippen LogP contribution in [-0.4, -0.2) is 39.6 Å². The monoisotopic (exact) mass is 498 g/mol. The highest BCUT2D eigenvalue weighted by Crippen LogP contribution is 2.38. The minimum absolute atomic E-state index is 0.0306. The molecule has 2 aliphatic rings. The highest BCUT2D eigenvalue weighted by molar-refractivity contribution is 8.15. The van der Waals surface area contributed by atoms with Crippen LogP contribution in [0.4, 0.5) is 5.69 Å². The lowest BCUT2D eigenvalue weighted by Gasteiger charge is -2.23. The van der Waals surface area contributed by atoms with Gasteiger partial charge < -0.3 is 10.1 Å². The predicted molar refractivity (Wildman–Crippen MR) is 143 cm³/mol. The molecule has 182 valence electrons. The van der Waals surface area contributed by atoms with Crippen LogP contribution >= 0.6 is 11.8 Å². The molecule has 8 heteroatoms. The average Bonchev–Trinajstić information content (AvgIpc) is 3.50. The molecule has 2 atom stereocenters. The highest BCUT2D eigenvalue weighted by atomic mass is 32.2. The summed E-state index contributed by atoms with van der Waals surface area (Å²) in [5, 5.41) is 9.50. The number of thioether (sulfide) groups is 1. The number of ether oxygens (including phenoxy) is 1. The lowest BCUT2D eigenvalue weighted by molar-refractivity contribution is -0.121. The fraction of sp³-hybridized carbons (Fsp3) is 0.214. The second-order valence-corrected chi connectivity index (χ2v) is 9.61. The van der Waals surface area contributed by atoms with Crippen LogP contribution in [0.25, 0.3) is 0 Å². The number of carbonyl (C=O) groups is 2. The number of hydrazone groups is 1. The van der Waals surface area contributed by atoms with Gasteiger partial charge in [0.2, 0.25) is 5.91 Å². The fourth-order valence-electron chi connectivity index (χ4n) is 4.21. The summed E-state index contributed by atoms with van der Waals surface area (Å²) in [4.78, 5) is 29.7. The third-order valence-electron chi connectivity index (χ3n) is 5.95. The molecule has 7 nitrogen and oxygen atoms in total. The highest BCUT2D eigenvalue weighted by Gasteiger charge is 2.39. The van der Waals surface area contributed by atoms with Gasteiger partial charge in [-0.3, -0.25) is 9.59 Å². The van der Waals surface area contributed by atoms with E-state index in [0.29, 0.717) is 23.9 Å². The van der Waals surface area contributed by atoms with E-state index >= 15 is 0 Å². The average molecular weight is 499 g/mol. The van der Waals surface area contributed by atoms with Gasteiger partial charge >= 0.3 is 0 Å². The van der Waals surface area contributed by atoms with Gasteiger partial charge in [-0.15, -0.1) is 0 Å². The number of rotatable bonds is 7. The Morgan fingerprint density at radius 1 is 1.03 bits per heavy atom. The molecule has 0 aromatic heterocycles. The lowest BCUT2D eigenvalue weighted by atomic mass is 9.99. The van der Waals surface area contributed by atoms with E-state index in [1.807, 2.05) is 60.5 Å². The predicted octanol–water partition coefficient (Wildman–Crippen LogP) is 5.26. The zero-order valence-electron chi connectivity index (χ0n) is 19.8. The van der Waals surface area contributed by atoms with Crippen LogP contribution in [0.5, 0.6) is 5.75 Å². The molecule has 3 aromatic carbocycles. The van der Waals surface area contributed by atoms with E-state index in [9.17, 15) is 9.59 Å². The van der Waals surface area contributed by atoms with Crippen molar-refractivity contribution in [3.05, 3.63) is 96.1 Å². The summed E-state index contributed by atoms with van der Waals surface area (Å²) in [5.74, 6) is 0.187. The van der Waals surface area contributed by atoms with Crippen molar-refractivity contribution in [1.29, 1.82) is 0 Å². The number of nitrogens with one attached hydrogen (secondary N) is 1. The zero-order chi connectivity index (χ0) is 24.9. The summed E-state index contributed by atoms with van der Waals surface area (Å²) >= 11 is 1.30. The maximum atomic E-state index is 12.8. The van der Waals surface area contributed by atoms with Crippen molar-refractivity contribution in [3.63, 3.8) is 0 Å². The second kappa shape index (κ2) is 10.8. The molecule has 3 aromatic rings. The first-order valence-electron chi connectivity index (χ1n) is 11.9. The van der Waals surface area contributed by atoms with Gasteiger partial charge in [-0.2, -0.15) is 10.1 Å². The SMILES string of the molecule is CCOc1ccc(NC(=O)CC2SC(N3N=C(c4ccccc4)CC3c3ccccc3)=NC2=O)cc1. The first-order valence-corrected chi connectivity index (χ1v) is 12.8. The van der Waals surface area contributed by atoms with E-state index < -0.39 is 5.25 Å². The van der Waals surface area contributed by atoms with Crippen molar-refractivity contribution >= 4 is 40.1 Å². The molecule has 0 saturated heterocycles. The first kappa shape index (κ1) is 23.8. The summed E-state index contributed by atoms with van der Waals surface area (Å²) in [6.45, 7) is 2.49. The lowest BCUT2D eigenvalue weighted by Crippen LogP contribution is -2.25. The number of nitrogens with zero attached hydrogens (tertiary/aromatic N) is 3. The molecule has 0 radical (unpaired) electrons. The molecule has 0 saturated carbocycles. The Morgan fingerprint density at radius 3 is 2.42 bits per heavy atom. The summed E-state index contributed by atoms with van der Waals surface area (Å²) in [6.07, 6.45) is 0.730. The topological polar surface area (TPSA) is 83.4 Å². The van der Waals surface area contributed by atoms with Crippen LogP contribution in [0.2, 0.25) is 0 Å². The van der Waals surface area contributed by atoms with Gasteiger partial charge in [0.05, 0.1) is 18.4 Å². The number of amides is 2. The maximum absolute atomic E-state index is 12.8. The van der Waals surface area contributed by atoms with Crippen LogP contribution in [-0.2, 0) is 9.59 Å². The number of aliphatic imine (C=N–C) groups is 1. The van der Waals surface area contributed by atoms with Crippen molar-refractivity contribution in [2.75, 3.05) is 11.9 Å². The van der Waals surface area contributed by atoms with Crippen molar-refractivity contribution in [2.24, 2.45) is 10.1 Å². The van der Waals surface area contributed by atoms with Crippen molar-refractivity contribution in [3.8, 4) is 5.75 Å². The first-order chi connectivity index (χ1) is 17.6. The molecule has 1 N–H and O–H groups in total. The van der Waals surface area contributed by atoms with E-state index in [1.54, 1.807) is 24.3 Å². The Labute approximate surface area is 214 Å². The van der Waals surface area contributed by atoms with Crippen LogP contribution in [0.3, 0.4) is 0 Å². The molecule has 2 unspecified atom stereocenters. The van der Waals surface area contributed by atoms with Gasteiger partial charge in [0, 0.05) is 18.5 Å². The Bertz CT molecular complexity index is 1290. The molecule has 0 spiro atoms. The smallest absolute Gasteiger partial charge is 0.262 e. The minimum Gasteiger partial charge on any atom is -0.494 e. The molecular weight excluding hydrogens is 472 g/mol. The molecule has 0 aliphatic carbocycles. The molecular formula is C28H26N4O3S. The number of carbonyl (C=O) groups excluding carboxylic acids is 2.